The zero-order valence-electron chi connectivity index (χ0n) is 39.5. The van der Waals surface area contributed by atoms with Crippen molar-refractivity contribution in [2.75, 3.05) is 6.61 Å². The number of unbranched alkanes of at least 4 members (excludes halogenated alkanes) is 27. The Morgan fingerprint density at radius 1 is 0.556 bits per heavy atom. The Kier molecular flexibility index (Phi) is 36.9. The van der Waals surface area contributed by atoms with E-state index in [4.69, 9.17) is 9.05 Å². The molecule has 0 bridgehead atoms. The van der Waals surface area contributed by atoms with Gasteiger partial charge >= 0.3 is 7.82 Å². The molecule has 63 heavy (non-hydrogen) atoms. The number of hydrogen-bond donors (Lipinski definition) is 9. The van der Waals surface area contributed by atoms with Gasteiger partial charge in [0.2, 0.25) is 5.91 Å². The fourth-order valence-electron chi connectivity index (χ4n) is 8.14. The van der Waals surface area contributed by atoms with Gasteiger partial charge in [0.1, 0.15) is 36.6 Å². The molecule has 0 aromatic heterocycles. The Bertz CT molecular complexity index is 1180. The lowest BCUT2D eigenvalue weighted by atomic mass is 9.85. The summed E-state index contributed by atoms with van der Waals surface area (Å²) in [5, 5.41) is 74.6. The molecule has 14 heteroatoms. The maximum atomic E-state index is 13.0. The number of nitrogens with one attached hydrogen (secondary N) is 1. The fourth-order valence-corrected chi connectivity index (χ4v) is 9.11. The van der Waals surface area contributed by atoms with Gasteiger partial charge in [-0.15, -0.1) is 0 Å². The topological polar surface area (TPSA) is 226 Å². The van der Waals surface area contributed by atoms with E-state index in [-0.39, 0.29) is 6.42 Å². The molecule has 1 fully saturated rings. The van der Waals surface area contributed by atoms with E-state index in [1.807, 2.05) is 0 Å². The van der Waals surface area contributed by atoms with Crippen molar-refractivity contribution in [2.24, 2.45) is 0 Å². The standard InChI is InChI=1S/C49H94NO12P/c1-3-5-7-9-11-13-15-17-19-20-21-22-23-25-27-29-31-33-35-37-42(52)41(39-61-63(59,60)62-49-47(57)45(55)44(54)46(56)48(49)58)50-43(53)38-40(51)36-34-32-30-28-26-24-18-16-14-12-10-8-6-4-2/h27,29,35,37,40-42,44-49,51-52,54-58H,3-26,28,30-34,36,38-39H2,1-2H3,(H,50,53)(H,59,60)/b29-27+,37-35+. The van der Waals surface area contributed by atoms with Crippen LogP contribution in [0.25, 0.3) is 0 Å². The number of aliphatic hydroxyl groups is 7. The normalized spacial score (nSPS) is 23.0. The van der Waals surface area contributed by atoms with Gasteiger partial charge in [-0.25, -0.2) is 4.57 Å². The van der Waals surface area contributed by atoms with Gasteiger partial charge in [0.15, 0.2) is 0 Å². The first kappa shape index (κ1) is 59.8. The van der Waals surface area contributed by atoms with Crippen molar-refractivity contribution in [3.8, 4) is 0 Å². The largest absolute Gasteiger partial charge is 0.472 e. The van der Waals surface area contributed by atoms with Gasteiger partial charge in [0, 0.05) is 0 Å². The number of aliphatic hydroxyl groups excluding tert-OH is 7. The molecule has 0 radical (unpaired) electrons. The molecule has 0 aliphatic heterocycles. The molecule has 1 saturated carbocycles. The lowest BCUT2D eigenvalue weighted by Gasteiger charge is -2.41. The summed E-state index contributed by atoms with van der Waals surface area (Å²) in [6, 6.07) is -1.25. The molecular formula is C49H94NO12P. The van der Waals surface area contributed by atoms with Gasteiger partial charge in [-0.2, -0.15) is 0 Å². The van der Waals surface area contributed by atoms with Crippen LogP contribution < -0.4 is 5.32 Å². The summed E-state index contributed by atoms with van der Waals surface area (Å²) in [5.74, 6) is -0.600. The number of rotatable bonds is 42. The fraction of sp³-hybridized carbons (Fsp3) is 0.898. The second-order valence-electron chi connectivity index (χ2n) is 18.2. The first-order valence-corrected chi connectivity index (χ1v) is 26.9. The number of phosphoric ester groups is 1. The molecule has 0 heterocycles. The van der Waals surface area contributed by atoms with Crippen LogP contribution in [-0.4, -0.2) is 108 Å². The summed E-state index contributed by atoms with van der Waals surface area (Å²) in [7, 11) is -5.15. The van der Waals surface area contributed by atoms with Crippen LogP contribution in [0, 0.1) is 0 Å². The van der Waals surface area contributed by atoms with E-state index in [0.29, 0.717) is 12.8 Å². The molecule has 0 aromatic carbocycles. The molecule has 8 atom stereocenters. The van der Waals surface area contributed by atoms with Gasteiger partial charge < -0.3 is 46.0 Å². The Balaban J connectivity index is 2.53. The lowest BCUT2D eigenvalue weighted by molar-refractivity contribution is -0.220. The molecule has 0 spiro atoms. The Morgan fingerprint density at radius 3 is 1.40 bits per heavy atom. The van der Waals surface area contributed by atoms with Gasteiger partial charge in [-0.3, -0.25) is 13.8 Å². The quantitative estimate of drug-likeness (QED) is 0.0159. The summed E-state index contributed by atoms with van der Waals surface area (Å²) in [6.07, 6.45) is 29.8. The third-order valence-electron chi connectivity index (χ3n) is 12.3. The van der Waals surface area contributed by atoms with Crippen molar-refractivity contribution < 1.29 is 59.0 Å². The molecule has 0 aromatic rings. The second kappa shape index (κ2) is 38.8. The summed E-state index contributed by atoms with van der Waals surface area (Å²) >= 11 is 0. The van der Waals surface area contributed by atoms with Gasteiger partial charge in [-0.1, -0.05) is 205 Å². The van der Waals surface area contributed by atoms with Crippen LogP contribution in [0.3, 0.4) is 0 Å². The number of phosphoric acid groups is 1. The lowest BCUT2D eigenvalue weighted by Crippen LogP contribution is -2.64. The minimum Gasteiger partial charge on any atom is -0.393 e. The van der Waals surface area contributed by atoms with E-state index in [9.17, 15) is 50.0 Å². The number of carbonyl (C=O) groups excluding carboxylic acids is 1. The van der Waals surface area contributed by atoms with Crippen LogP contribution in [-0.2, 0) is 18.4 Å². The average molecular weight is 920 g/mol. The van der Waals surface area contributed by atoms with Crippen LogP contribution in [0.5, 0.6) is 0 Å². The first-order chi connectivity index (χ1) is 30.3. The predicted molar refractivity (Wildman–Crippen MR) is 252 cm³/mol. The Labute approximate surface area is 382 Å². The average Bonchev–Trinajstić information content (AvgIpc) is 3.26. The van der Waals surface area contributed by atoms with Crippen molar-refractivity contribution in [3.05, 3.63) is 24.3 Å². The predicted octanol–water partition coefficient (Wildman–Crippen LogP) is 9.15. The van der Waals surface area contributed by atoms with Crippen LogP contribution in [0.2, 0.25) is 0 Å². The summed E-state index contributed by atoms with van der Waals surface area (Å²) < 4.78 is 22.9. The SMILES string of the molecule is CCCCCCCCCCCCCCC/C=C/CC/C=C/C(O)C(COP(=O)(O)OC1C(O)C(O)C(O)C(O)C1O)NC(=O)CC(O)CCCCCCCCCCCCCCCC. The second-order valence-corrected chi connectivity index (χ2v) is 19.6. The Morgan fingerprint density at radius 2 is 0.937 bits per heavy atom. The van der Waals surface area contributed by atoms with Gasteiger partial charge in [0.05, 0.1) is 31.3 Å². The van der Waals surface area contributed by atoms with E-state index in [1.54, 1.807) is 6.08 Å². The minimum absolute atomic E-state index is 0.249. The number of hydrogen-bond acceptors (Lipinski definition) is 11. The van der Waals surface area contributed by atoms with E-state index in [2.05, 4.69) is 31.3 Å². The van der Waals surface area contributed by atoms with Gasteiger partial charge in [-0.05, 0) is 32.1 Å². The smallest absolute Gasteiger partial charge is 0.393 e. The minimum atomic E-state index is -5.15. The molecule has 8 unspecified atom stereocenters. The number of amides is 1. The maximum Gasteiger partial charge on any atom is 0.472 e. The third-order valence-corrected chi connectivity index (χ3v) is 13.3. The number of carbonyl (C=O) groups is 1. The van der Waals surface area contributed by atoms with Crippen LogP contribution in [0.15, 0.2) is 24.3 Å². The molecule has 13 nitrogen and oxygen atoms in total. The van der Waals surface area contributed by atoms with Crippen molar-refractivity contribution >= 4 is 13.7 Å². The van der Waals surface area contributed by atoms with Crippen molar-refractivity contribution in [1.29, 1.82) is 0 Å². The molecule has 0 saturated heterocycles. The molecule has 1 aliphatic rings. The maximum absolute atomic E-state index is 13.0. The van der Waals surface area contributed by atoms with Crippen LogP contribution >= 0.6 is 7.82 Å². The summed E-state index contributed by atoms with van der Waals surface area (Å²) in [6.45, 7) is 3.75. The third kappa shape index (κ3) is 30.6. The van der Waals surface area contributed by atoms with E-state index in [0.717, 1.165) is 44.9 Å². The highest BCUT2D eigenvalue weighted by atomic mass is 31.2. The zero-order chi connectivity index (χ0) is 46.6. The van der Waals surface area contributed by atoms with Crippen LogP contribution in [0.1, 0.15) is 219 Å². The molecule has 9 N–H and O–H groups in total. The molecule has 372 valence electrons. The van der Waals surface area contributed by atoms with E-state index >= 15 is 0 Å². The van der Waals surface area contributed by atoms with Crippen molar-refractivity contribution in [2.45, 2.75) is 274 Å². The molecular weight excluding hydrogens is 826 g/mol. The molecule has 1 rings (SSSR count). The highest BCUT2D eigenvalue weighted by Crippen LogP contribution is 2.47. The molecule has 1 aliphatic carbocycles. The van der Waals surface area contributed by atoms with Crippen molar-refractivity contribution in [1.82, 2.24) is 5.32 Å². The van der Waals surface area contributed by atoms with E-state index in [1.165, 1.54) is 147 Å². The summed E-state index contributed by atoms with van der Waals surface area (Å²) in [5.41, 5.74) is 0. The highest BCUT2D eigenvalue weighted by molar-refractivity contribution is 7.47. The summed E-state index contributed by atoms with van der Waals surface area (Å²) in [4.78, 5) is 23.5. The monoisotopic (exact) mass is 920 g/mol. The first-order valence-electron chi connectivity index (χ1n) is 25.4. The number of allylic oxidation sites excluding steroid dienone is 3. The zero-order valence-corrected chi connectivity index (χ0v) is 40.4. The van der Waals surface area contributed by atoms with E-state index < -0.39 is 75.2 Å². The van der Waals surface area contributed by atoms with Crippen molar-refractivity contribution in [3.63, 3.8) is 0 Å². The Hall–Kier alpha value is -1.22. The van der Waals surface area contributed by atoms with Gasteiger partial charge in [0.25, 0.3) is 0 Å². The molecule has 1 amide bonds. The highest BCUT2D eigenvalue weighted by Gasteiger charge is 2.51. The van der Waals surface area contributed by atoms with Crippen LogP contribution in [0.4, 0.5) is 0 Å².